The molecule has 2 N–H and O–H groups in total. The molecule has 118 valence electrons. The number of rotatable bonds is 3. The molecule has 1 unspecified atom stereocenters. The number of anilines is 2. The Balaban J connectivity index is 1.84. The summed E-state index contributed by atoms with van der Waals surface area (Å²) in [5, 5.41) is 5.69. The number of carbonyl (C=O) groups is 2. The zero-order valence-electron chi connectivity index (χ0n) is 13.2. The van der Waals surface area contributed by atoms with Crippen LogP contribution in [0.1, 0.15) is 43.2 Å². The van der Waals surface area contributed by atoms with Gasteiger partial charge in [-0.3, -0.25) is 14.6 Å². The number of hydrogen-bond acceptors (Lipinski definition) is 3. The molecule has 5 nitrogen and oxygen atoms in total. The van der Waals surface area contributed by atoms with E-state index in [1.54, 1.807) is 12.4 Å². The Morgan fingerprint density at radius 1 is 1.30 bits per heavy atom. The van der Waals surface area contributed by atoms with Crippen LogP contribution in [-0.2, 0) is 9.59 Å². The van der Waals surface area contributed by atoms with Gasteiger partial charge in [-0.25, -0.2) is 0 Å². The van der Waals surface area contributed by atoms with Gasteiger partial charge in [0.05, 0.1) is 17.8 Å². The van der Waals surface area contributed by atoms with Gasteiger partial charge in [-0.15, -0.1) is 0 Å². The van der Waals surface area contributed by atoms with Crippen LogP contribution in [0, 0.1) is 0 Å². The minimum atomic E-state index is -0.484. The topological polar surface area (TPSA) is 71.1 Å². The predicted octanol–water partition coefficient (Wildman–Crippen LogP) is 3.27. The van der Waals surface area contributed by atoms with Crippen molar-refractivity contribution in [2.24, 2.45) is 0 Å². The van der Waals surface area contributed by atoms with Crippen molar-refractivity contribution in [3.63, 3.8) is 0 Å². The molecule has 1 atom stereocenters. The van der Waals surface area contributed by atoms with E-state index < -0.39 is 5.92 Å². The largest absolute Gasteiger partial charge is 0.326 e. The van der Waals surface area contributed by atoms with Crippen molar-refractivity contribution in [3.8, 4) is 0 Å². The van der Waals surface area contributed by atoms with Crippen LogP contribution in [0.15, 0.2) is 42.7 Å². The lowest BCUT2D eigenvalue weighted by molar-refractivity contribution is -0.123. The molecule has 0 bridgehead atoms. The van der Waals surface area contributed by atoms with Crippen molar-refractivity contribution in [1.29, 1.82) is 0 Å². The lowest BCUT2D eigenvalue weighted by Crippen LogP contribution is -2.30. The summed E-state index contributed by atoms with van der Waals surface area (Å²) in [7, 11) is 0. The first-order valence-electron chi connectivity index (χ1n) is 7.69. The smallest absolute Gasteiger partial charge is 0.232 e. The molecule has 2 amide bonds. The van der Waals surface area contributed by atoms with Gasteiger partial charge in [0.1, 0.15) is 0 Å². The number of amides is 2. The highest BCUT2D eigenvalue weighted by Gasteiger charge is 2.30. The molecule has 0 fully saturated rings. The second-order valence-corrected chi connectivity index (χ2v) is 6.04. The summed E-state index contributed by atoms with van der Waals surface area (Å²) < 4.78 is 0. The van der Waals surface area contributed by atoms with Gasteiger partial charge < -0.3 is 10.6 Å². The zero-order chi connectivity index (χ0) is 16.4. The SMILES string of the molecule is CC(C)c1cncc(NC(=O)C2CC(=O)Nc3ccccc32)c1. The van der Waals surface area contributed by atoms with Crippen molar-refractivity contribution in [3.05, 3.63) is 53.9 Å². The maximum absolute atomic E-state index is 12.6. The molecule has 0 radical (unpaired) electrons. The highest BCUT2D eigenvalue weighted by atomic mass is 16.2. The lowest BCUT2D eigenvalue weighted by Gasteiger charge is -2.24. The molecule has 1 aromatic carbocycles. The van der Waals surface area contributed by atoms with Gasteiger partial charge in [-0.1, -0.05) is 32.0 Å². The summed E-state index contributed by atoms with van der Waals surface area (Å²) in [6, 6.07) is 9.33. The molecular formula is C18H19N3O2. The van der Waals surface area contributed by atoms with Gasteiger partial charge in [0.2, 0.25) is 11.8 Å². The van der Waals surface area contributed by atoms with Gasteiger partial charge in [0, 0.05) is 18.3 Å². The molecule has 2 heterocycles. The van der Waals surface area contributed by atoms with Crippen LogP contribution >= 0.6 is 0 Å². The van der Waals surface area contributed by atoms with Crippen LogP contribution < -0.4 is 10.6 Å². The number of pyridine rings is 1. The van der Waals surface area contributed by atoms with Gasteiger partial charge in [0.25, 0.3) is 0 Å². The third-order valence-corrected chi connectivity index (χ3v) is 4.01. The average Bonchev–Trinajstić information content (AvgIpc) is 2.54. The monoisotopic (exact) mass is 309 g/mol. The second kappa shape index (κ2) is 6.20. The molecule has 2 aromatic rings. The Kier molecular flexibility index (Phi) is 4.10. The lowest BCUT2D eigenvalue weighted by atomic mass is 9.90. The van der Waals surface area contributed by atoms with E-state index in [1.165, 1.54) is 0 Å². The summed E-state index contributed by atoms with van der Waals surface area (Å²) in [6.07, 6.45) is 3.57. The summed E-state index contributed by atoms with van der Waals surface area (Å²) in [5.41, 5.74) is 3.27. The second-order valence-electron chi connectivity index (χ2n) is 6.04. The third kappa shape index (κ3) is 3.23. The van der Waals surface area contributed by atoms with E-state index in [2.05, 4.69) is 29.5 Å². The van der Waals surface area contributed by atoms with E-state index >= 15 is 0 Å². The number of hydrogen-bond donors (Lipinski definition) is 2. The maximum atomic E-state index is 12.6. The molecule has 0 saturated carbocycles. The van der Waals surface area contributed by atoms with Crippen LogP contribution in [0.5, 0.6) is 0 Å². The standard InChI is InChI=1S/C18H19N3O2/c1-11(2)12-7-13(10-19-9-12)20-18(23)15-8-17(22)21-16-6-4-3-5-14(15)16/h3-7,9-11,15H,8H2,1-2H3,(H,20,23)(H,21,22). The van der Waals surface area contributed by atoms with E-state index in [9.17, 15) is 9.59 Å². The van der Waals surface area contributed by atoms with Crippen molar-refractivity contribution in [2.45, 2.75) is 32.1 Å². The van der Waals surface area contributed by atoms with Crippen molar-refractivity contribution in [2.75, 3.05) is 10.6 Å². The Morgan fingerprint density at radius 3 is 2.87 bits per heavy atom. The predicted molar refractivity (Wildman–Crippen MR) is 89.4 cm³/mol. The van der Waals surface area contributed by atoms with E-state index in [1.807, 2.05) is 30.3 Å². The first-order valence-corrected chi connectivity index (χ1v) is 7.69. The molecular weight excluding hydrogens is 290 g/mol. The van der Waals surface area contributed by atoms with Crippen molar-refractivity contribution in [1.82, 2.24) is 4.98 Å². The molecule has 1 aliphatic rings. The maximum Gasteiger partial charge on any atom is 0.232 e. The summed E-state index contributed by atoms with van der Waals surface area (Å²) in [4.78, 5) is 28.6. The number of para-hydroxylation sites is 1. The van der Waals surface area contributed by atoms with Crippen LogP contribution in [-0.4, -0.2) is 16.8 Å². The summed E-state index contributed by atoms with van der Waals surface area (Å²) in [5.74, 6) is -0.476. The number of nitrogens with one attached hydrogen (secondary N) is 2. The molecule has 1 aromatic heterocycles. The molecule has 5 heteroatoms. The fourth-order valence-corrected chi connectivity index (χ4v) is 2.72. The minimum absolute atomic E-state index is 0.141. The molecule has 0 spiro atoms. The fraction of sp³-hybridized carbons (Fsp3) is 0.278. The van der Waals surface area contributed by atoms with Gasteiger partial charge in [-0.2, -0.15) is 0 Å². The van der Waals surface area contributed by atoms with Gasteiger partial charge in [0.15, 0.2) is 0 Å². The number of nitrogens with zero attached hydrogens (tertiary/aromatic N) is 1. The summed E-state index contributed by atoms with van der Waals surface area (Å²) in [6.45, 7) is 4.15. The minimum Gasteiger partial charge on any atom is -0.326 e. The molecule has 23 heavy (non-hydrogen) atoms. The van der Waals surface area contributed by atoms with Crippen LogP contribution in [0.2, 0.25) is 0 Å². The van der Waals surface area contributed by atoms with Crippen LogP contribution in [0.3, 0.4) is 0 Å². The van der Waals surface area contributed by atoms with Crippen LogP contribution in [0.4, 0.5) is 11.4 Å². The third-order valence-electron chi connectivity index (χ3n) is 4.01. The number of aromatic nitrogens is 1. The molecule has 0 saturated heterocycles. The Morgan fingerprint density at radius 2 is 2.09 bits per heavy atom. The van der Waals surface area contributed by atoms with E-state index in [0.717, 1.165) is 11.1 Å². The Bertz CT molecular complexity index is 755. The molecule has 1 aliphatic heterocycles. The van der Waals surface area contributed by atoms with E-state index in [4.69, 9.17) is 0 Å². The Labute approximate surface area is 135 Å². The van der Waals surface area contributed by atoms with Gasteiger partial charge in [-0.05, 0) is 29.2 Å². The Hall–Kier alpha value is -2.69. The first kappa shape index (κ1) is 15.2. The highest BCUT2D eigenvalue weighted by Crippen LogP contribution is 2.32. The molecule has 3 rings (SSSR count). The van der Waals surface area contributed by atoms with E-state index in [-0.39, 0.29) is 18.2 Å². The molecule has 0 aliphatic carbocycles. The normalized spacial score (nSPS) is 16.7. The van der Waals surface area contributed by atoms with Crippen LogP contribution in [0.25, 0.3) is 0 Å². The highest BCUT2D eigenvalue weighted by molar-refractivity contribution is 6.05. The number of fused-ring (bicyclic) bond motifs is 1. The first-order chi connectivity index (χ1) is 11.0. The zero-order valence-corrected chi connectivity index (χ0v) is 13.2. The van der Waals surface area contributed by atoms with E-state index in [0.29, 0.717) is 17.3 Å². The summed E-state index contributed by atoms with van der Waals surface area (Å²) >= 11 is 0. The van der Waals surface area contributed by atoms with Crippen molar-refractivity contribution < 1.29 is 9.59 Å². The van der Waals surface area contributed by atoms with Gasteiger partial charge >= 0.3 is 0 Å². The quantitative estimate of drug-likeness (QED) is 0.914. The average molecular weight is 309 g/mol. The number of benzene rings is 1. The van der Waals surface area contributed by atoms with Crippen molar-refractivity contribution >= 4 is 23.2 Å². The number of carbonyl (C=O) groups excluding carboxylic acids is 2. The fourth-order valence-electron chi connectivity index (χ4n) is 2.72.